The van der Waals surface area contributed by atoms with E-state index in [1.807, 2.05) is 47.4 Å². The SMILES string of the molecule is CC(=O)c1cccc(NC(=O)CN(Cc2ccccc2)Cc2ccco2)c1. The smallest absolute Gasteiger partial charge is 0.238 e. The fourth-order valence-electron chi connectivity index (χ4n) is 2.85. The van der Waals surface area contributed by atoms with Crippen molar-refractivity contribution >= 4 is 17.4 Å². The van der Waals surface area contributed by atoms with Crippen molar-refractivity contribution in [1.82, 2.24) is 4.90 Å². The van der Waals surface area contributed by atoms with Gasteiger partial charge in [-0.25, -0.2) is 0 Å². The molecule has 3 rings (SSSR count). The summed E-state index contributed by atoms with van der Waals surface area (Å²) in [5, 5.41) is 2.87. The number of Topliss-reactive ketones (excluding diaryl/α,β-unsaturated/α-hetero) is 1. The summed E-state index contributed by atoms with van der Waals surface area (Å²) in [7, 11) is 0. The first-order valence-corrected chi connectivity index (χ1v) is 8.79. The van der Waals surface area contributed by atoms with Gasteiger partial charge in [-0.2, -0.15) is 0 Å². The lowest BCUT2D eigenvalue weighted by molar-refractivity contribution is -0.117. The van der Waals surface area contributed by atoms with Crippen LogP contribution in [0.25, 0.3) is 0 Å². The monoisotopic (exact) mass is 362 g/mol. The van der Waals surface area contributed by atoms with Crippen molar-refractivity contribution in [3.63, 3.8) is 0 Å². The van der Waals surface area contributed by atoms with Crippen molar-refractivity contribution in [2.45, 2.75) is 20.0 Å². The van der Waals surface area contributed by atoms with Crippen LogP contribution < -0.4 is 5.32 Å². The van der Waals surface area contributed by atoms with Crippen molar-refractivity contribution in [2.75, 3.05) is 11.9 Å². The zero-order valence-corrected chi connectivity index (χ0v) is 15.2. The third kappa shape index (κ3) is 5.66. The summed E-state index contributed by atoms with van der Waals surface area (Å²) in [4.78, 5) is 26.1. The molecule has 0 fully saturated rings. The quantitative estimate of drug-likeness (QED) is 0.612. The molecular formula is C22H22N2O3. The van der Waals surface area contributed by atoms with Crippen LogP contribution in [-0.4, -0.2) is 23.1 Å². The van der Waals surface area contributed by atoms with Gasteiger partial charge in [0, 0.05) is 17.8 Å². The average molecular weight is 362 g/mol. The van der Waals surface area contributed by atoms with E-state index in [0.29, 0.717) is 24.3 Å². The number of carbonyl (C=O) groups excluding carboxylic acids is 2. The maximum atomic E-state index is 12.6. The fraction of sp³-hybridized carbons (Fsp3) is 0.182. The van der Waals surface area contributed by atoms with E-state index in [2.05, 4.69) is 5.32 Å². The summed E-state index contributed by atoms with van der Waals surface area (Å²) in [6, 6.07) is 20.7. The lowest BCUT2D eigenvalue weighted by Crippen LogP contribution is -2.32. The molecule has 1 aromatic heterocycles. The second kappa shape index (κ2) is 8.96. The molecule has 0 radical (unpaired) electrons. The molecule has 3 aromatic rings. The highest BCUT2D eigenvalue weighted by Gasteiger charge is 2.14. The molecule has 1 heterocycles. The maximum Gasteiger partial charge on any atom is 0.238 e. The highest BCUT2D eigenvalue weighted by molar-refractivity contribution is 5.97. The minimum Gasteiger partial charge on any atom is -0.468 e. The van der Waals surface area contributed by atoms with Gasteiger partial charge in [0.25, 0.3) is 0 Å². The number of benzene rings is 2. The third-order valence-electron chi connectivity index (χ3n) is 4.13. The van der Waals surface area contributed by atoms with Crippen LogP contribution in [0.15, 0.2) is 77.4 Å². The molecular weight excluding hydrogens is 340 g/mol. The van der Waals surface area contributed by atoms with Crippen LogP contribution in [0.5, 0.6) is 0 Å². The summed E-state index contributed by atoms with van der Waals surface area (Å²) in [6.45, 7) is 2.87. The van der Waals surface area contributed by atoms with Gasteiger partial charge in [0.05, 0.1) is 19.4 Å². The van der Waals surface area contributed by atoms with E-state index in [9.17, 15) is 9.59 Å². The van der Waals surface area contributed by atoms with Gasteiger partial charge >= 0.3 is 0 Å². The van der Waals surface area contributed by atoms with Gasteiger partial charge in [-0.05, 0) is 36.8 Å². The Morgan fingerprint density at radius 3 is 2.48 bits per heavy atom. The zero-order chi connectivity index (χ0) is 19.1. The molecule has 0 aliphatic rings. The number of furan rings is 1. The Morgan fingerprint density at radius 1 is 0.963 bits per heavy atom. The van der Waals surface area contributed by atoms with E-state index in [0.717, 1.165) is 11.3 Å². The van der Waals surface area contributed by atoms with Gasteiger partial charge in [0.1, 0.15) is 5.76 Å². The van der Waals surface area contributed by atoms with E-state index < -0.39 is 0 Å². The topological polar surface area (TPSA) is 62.6 Å². The Hall–Kier alpha value is -3.18. The number of nitrogens with one attached hydrogen (secondary N) is 1. The molecule has 0 unspecified atom stereocenters. The second-order valence-corrected chi connectivity index (χ2v) is 6.40. The molecule has 2 aromatic carbocycles. The van der Waals surface area contributed by atoms with Crippen LogP contribution in [0.4, 0.5) is 5.69 Å². The zero-order valence-electron chi connectivity index (χ0n) is 15.2. The van der Waals surface area contributed by atoms with Crippen molar-refractivity contribution in [2.24, 2.45) is 0 Å². The number of anilines is 1. The van der Waals surface area contributed by atoms with Crippen LogP contribution in [0.3, 0.4) is 0 Å². The van der Waals surface area contributed by atoms with Crippen LogP contribution in [0, 0.1) is 0 Å². The minimum absolute atomic E-state index is 0.0328. The summed E-state index contributed by atoms with van der Waals surface area (Å²) in [6.07, 6.45) is 1.63. The number of carbonyl (C=O) groups is 2. The maximum absolute atomic E-state index is 12.6. The molecule has 0 saturated carbocycles. The van der Waals surface area contributed by atoms with Gasteiger partial charge in [0.2, 0.25) is 5.91 Å². The lowest BCUT2D eigenvalue weighted by Gasteiger charge is -2.21. The standard InChI is InChI=1S/C22H22N2O3/c1-17(25)19-9-5-10-20(13-19)23-22(26)16-24(15-21-11-6-12-27-21)14-18-7-3-2-4-8-18/h2-13H,14-16H2,1H3,(H,23,26). The first-order chi connectivity index (χ1) is 13.1. The highest BCUT2D eigenvalue weighted by Crippen LogP contribution is 2.13. The Balaban J connectivity index is 1.68. The van der Waals surface area contributed by atoms with Crippen LogP contribution in [0.2, 0.25) is 0 Å². The van der Waals surface area contributed by atoms with Crippen molar-refractivity contribution in [3.05, 3.63) is 89.9 Å². The molecule has 1 N–H and O–H groups in total. The Bertz CT molecular complexity index is 889. The molecule has 0 aliphatic heterocycles. The molecule has 0 bridgehead atoms. The van der Waals surface area contributed by atoms with Gasteiger partial charge in [-0.1, -0.05) is 42.5 Å². The molecule has 0 spiro atoms. The first-order valence-electron chi connectivity index (χ1n) is 8.79. The molecule has 138 valence electrons. The molecule has 0 aliphatic carbocycles. The molecule has 0 saturated heterocycles. The summed E-state index contributed by atoms with van der Waals surface area (Å²) < 4.78 is 5.43. The number of amides is 1. The van der Waals surface area contributed by atoms with E-state index in [1.54, 1.807) is 30.5 Å². The normalized spacial score (nSPS) is 10.7. The van der Waals surface area contributed by atoms with E-state index >= 15 is 0 Å². The van der Waals surface area contributed by atoms with E-state index in [4.69, 9.17) is 4.42 Å². The van der Waals surface area contributed by atoms with Gasteiger partial charge < -0.3 is 9.73 Å². The van der Waals surface area contributed by atoms with Crippen molar-refractivity contribution in [3.8, 4) is 0 Å². The Morgan fingerprint density at radius 2 is 1.78 bits per heavy atom. The third-order valence-corrected chi connectivity index (χ3v) is 4.13. The first kappa shape index (κ1) is 18.6. The van der Waals surface area contributed by atoms with Gasteiger partial charge in [-0.3, -0.25) is 14.5 Å². The number of ketones is 1. The number of nitrogens with zero attached hydrogens (tertiary/aromatic N) is 1. The van der Waals surface area contributed by atoms with Crippen molar-refractivity contribution < 1.29 is 14.0 Å². The van der Waals surface area contributed by atoms with E-state index in [-0.39, 0.29) is 18.2 Å². The van der Waals surface area contributed by atoms with Crippen LogP contribution >= 0.6 is 0 Å². The average Bonchev–Trinajstić information content (AvgIpc) is 3.15. The predicted octanol–water partition coefficient (Wildman–Crippen LogP) is 4.12. The van der Waals surface area contributed by atoms with E-state index in [1.165, 1.54) is 6.92 Å². The second-order valence-electron chi connectivity index (χ2n) is 6.40. The molecule has 27 heavy (non-hydrogen) atoms. The lowest BCUT2D eigenvalue weighted by atomic mass is 10.1. The van der Waals surface area contributed by atoms with Crippen molar-refractivity contribution in [1.29, 1.82) is 0 Å². The summed E-state index contributed by atoms with van der Waals surface area (Å²) in [5.41, 5.74) is 2.31. The van der Waals surface area contributed by atoms with Crippen LogP contribution in [0.1, 0.15) is 28.6 Å². The van der Waals surface area contributed by atoms with Crippen LogP contribution in [-0.2, 0) is 17.9 Å². The predicted molar refractivity (Wildman–Crippen MR) is 104 cm³/mol. The molecule has 5 nitrogen and oxygen atoms in total. The minimum atomic E-state index is -0.141. The Kier molecular flexibility index (Phi) is 6.18. The summed E-state index contributed by atoms with van der Waals surface area (Å²) >= 11 is 0. The Labute approximate surface area is 158 Å². The molecule has 5 heteroatoms. The number of hydrogen-bond acceptors (Lipinski definition) is 4. The van der Waals surface area contributed by atoms with Gasteiger partial charge in [0.15, 0.2) is 5.78 Å². The highest BCUT2D eigenvalue weighted by atomic mass is 16.3. The number of rotatable bonds is 8. The fourth-order valence-corrected chi connectivity index (χ4v) is 2.85. The molecule has 1 amide bonds. The largest absolute Gasteiger partial charge is 0.468 e. The van der Waals surface area contributed by atoms with Gasteiger partial charge in [-0.15, -0.1) is 0 Å². The summed E-state index contributed by atoms with van der Waals surface area (Å²) in [5.74, 6) is 0.630. The number of hydrogen-bond donors (Lipinski definition) is 1. The molecule has 0 atom stereocenters.